The van der Waals surface area contributed by atoms with Crippen molar-refractivity contribution in [3.05, 3.63) is 152 Å². The van der Waals surface area contributed by atoms with Crippen molar-refractivity contribution < 1.29 is 9.47 Å². The first kappa shape index (κ1) is 25.2. The van der Waals surface area contributed by atoms with Gasteiger partial charge in [0.15, 0.2) is 0 Å². The summed E-state index contributed by atoms with van der Waals surface area (Å²) < 4.78 is 13.2. The van der Waals surface area contributed by atoms with E-state index in [4.69, 9.17) is 9.47 Å². The van der Waals surface area contributed by atoms with Gasteiger partial charge < -0.3 is 9.47 Å². The normalized spacial score (nSPS) is 13.0. The Hall–Kier alpha value is -6.06. The van der Waals surface area contributed by atoms with E-state index in [-0.39, 0.29) is 6.71 Å². The van der Waals surface area contributed by atoms with Crippen LogP contribution in [0.2, 0.25) is 0 Å². The Morgan fingerprint density at radius 3 is 1.57 bits per heavy atom. The largest absolute Gasteiger partial charge is 0.458 e. The highest BCUT2D eigenvalue weighted by Crippen LogP contribution is 2.46. The van der Waals surface area contributed by atoms with E-state index in [1.165, 1.54) is 64.8 Å². The third kappa shape index (κ3) is 3.35. The van der Waals surface area contributed by atoms with Crippen molar-refractivity contribution >= 4 is 77.0 Å². The van der Waals surface area contributed by atoms with Crippen LogP contribution in [0.3, 0.4) is 0 Å². The number of rotatable bonds is 1. The summed E-state index contributed by atoms with van der Waals surface area (Å²) in [5.41, 5.74) is 5.68. The van der Waals surface area contributed by atoms with Gasteiger partial charge in [-0.15, -0.1) is 0 Å². The Kier molecular flexibility index (Phi) is 4.95. The summed E-state index contributed by atoms with van der Waals surface area (Å²) in [7, 11) is 0. The summed E-state index contributed by atoms with van der Waals surface area (Å²) in [4.78, 5) is 0. The first-order valence-electron chi connectivity index (χ1n) is 16.2. The van der Waals surface area contributed by atoms with Crippen molar-refractivity contribution in [1.82, 2.24) is 0 Å². The summed E-state index contributed by atoms with van der Waals surface area (Å²) >= 11 is 0. The Labute approximate surface area is 271 Å². The van der Waals surface area contributed by atoms with Crippen molar-refractivity contribution in [3.8, 4) is 34.1 Å². The van der Waals surface area contributed by atoms with Gasteiger partial charge in [0.25, 0.3) is 6.71 Å². The molecular weight excluding hydrogens is 571 g/mol. The van der Waals surface area contributed by atoms with Crippen molar-refractivity contribution in [2.75, 3.05) is 0 Å². The summed E-state index contributed by atoms with van der Waals surface area (Å²) in [6, 6.07) is 54.7. The molecule has 47 heavy (non-hydrogen) atoms. The molecule has 9 aromatic carbocycles. The average Bonchev–Trinajstić information content (AvgIpc) is 3.14. The number of hydrogen-bond donors (Lipinski definition) is 0. The molecule has 0 saturated carbocycles. The molecule has 2 nitrogen and oxygen atoms in total. The van der Waals surface area contributed by atoms with Gasteiger partial charge in [-0.2, -0.15) is 0 Å². The molecule has 0 N–H and O–H groups in total. The lowest BCUT2D eigenvalue weighted by Gasteiger charge is -2.33. The van der Waals surface area contributed by atoms with Crippen LogP contribution in [0.1, 0.15) is 0 Å². The molecule has 0 unspecified atom stereocenters. The van der Waals surface area contributed by atoms with Crippen molar-refractivity contribution in [2.45, 2.75) is 0 Å². The molecule has 0 aliphatic carbocycles. The van der Waals surface area contributed by atoms with Crippen molar-refractivity contribution in [1.29, 1.82) is 0 Å². The van der Waals surface area contributed by atoms with Gasteiger partial charge in [-0.25, -0.2) is 0 Å². The van der Waals surface area contributed by atoms with Crippen LogP contribution in [0, 0.1) is 0 Å². The fraction of sp³-hybridized carbons (Fsp3) is 0. The topological polar surface area (TPSA) is 18.5 Å². The van der Waals surface area contributed by atoms with Gasteiger partial charge in [-0.1, -0.05) is 127 Å². The smallest absolute Gasteiger partial charge is 0.260 e. The van der Waals surface area contributed by atoms with Crippen molar-refractivity contribution in [2.24, 2.45) is 0 Å². The molecule has 0 spiro atoms. The minimum atomic E-state index is 0.0414. The predicted octanol–water partition coefficient (Wildman–Crippen LogP) is 9.85. The molecule has 0 amide bonds. The van der Waals surface area contributed by atoms with Gasteiger partial charge in [0.1, 0.15) is 23.0 Å². The third-order valence-electron chi connectivity index (χ3n) is 10.4. The SMILES string of the molecule is c1ccc2c(c1)Oc1cccc3c1B2c1cccc(-c2ccc4c(c2)c2ccccc2c2c5ccccc5c5ccccc5c42)c1O3. The Balaban J connectivity index is 1.22. The van der Waals surface area contributed by atoms with Gasteiger partial charge in [-0.05, 0) is 94.6 Å². The van der Waals surface area contributed by atoms with E-state index in [1.54, 1.807) is 0 Å². The number of para-hydroxylation sites is 2. The molecule has 0 bridgehead atoms. The monoisotopic (exact) mass is 596 g/mol. The zero-order chi connectivity index (χ0) is 30.6. The fourth-order valence-corrected chi connectivity index (χ4v) is 8.42. The molecule has 0 saturated heterocycles. The molecule has 2 aliphatic heterocycles. The van der Waals surface area contributed by atoms with E-state index in [1.807, 2.05) is 18.2 Å². The highest BCUT2D eigenvalue weighted by atomic mass is 16.5. The predicted molar refractivity (Wildman–Crippen MR) is 197 cm³/mol. The minimum Gasteiger partial charge on any atom is -0.458 e. The van der Waals surface area contributed by atoms with Crippen molar-refractivity contribution in [3.63, 3.8) is 0 Å². The molecule has 0 radical (unpaired) electrons. The quantitative estimate of drug-likeness (QED) is 0.139. The van der Waals surface area contributed by atoms with E-state index >= 15 is 0 Å². The number of fused-ring (bicyclic) bond motifs is 15. The number of ether oxygens (including phenoxy) is 2. The van der Waals surface area contributed by atoms with Crippen LogP contribution >= 0.6 is 0 Å². The Bertz CT molecular complexity index is 2820. The van der Waals surface area contributed by atoms with Crippen LogP contribution in [-0.4, -0.2) is 6.71 Å². The standard InChI is InChI=1S/C44H25BO2/c1-4-14-31-28(11-1)29-12-2-5-15-32(29)42-34-24-23-26(25-35(34)30-13-3-6-16-33(30)41(31)42)27-17-9-19-37-44(27)47-40-22-10-21-39-43(40)45(37)36-18-7-8-20-38(36)46-39/h1-25H. The summed E-state index contributed by atoms with van der Waals surface area (Å²) in [6.45, 7) is 0.0414. The van der Waals surface area contributed by atoms with E-state index < -0.39 is 0 Å². The lowest BCUT2D eigenvalue weighted by molar-refractivity contribution is 0.465. The number of benzene rings is 9. The lowest BCUT2D eigenvalue weighted by atomic mass is 9.34. The maximum atomic E-state index is 6.82. The molecular formula is C44H25BO2. The highest BCUT2D eigenvalue weighted by Gasteiger charge is 2.40. The molecule has 0 atom stereocenters. The Morgan fingerprint density at radius 2 is 0.872 bits per heavy atom. The van der Waals surface area contributed by atoms with E-state index in [0.717, 1.165) is 39.6 Å². The fourth-order valence-electron chi connectivity index (χ4n) is 8.42. The third-order valence-corrected chi connectivity index (χ3v) is 10.4. The van der Waals surface area contributed by atoms with E-state index in [0.29, 0.717) is 0 Å². The molecule has 9 aromatic rings. The highest BCUT2D eigenvalue weighted by molar-refractivity contribution is 6.98. The first-order chi connectivity index (χ1) is 23.3. The second-order valence-corrected chi connectivity index (χ2v) is 12.7. The lowest BCUT2D eigenvalue weighted by Crippen LogP contribution is -2.57. The molecule has 2 aliphatic rings. The second-order valence-electron chi connectivity index (χ2n) is 12.7. The molecule has 0 aromatic heterocycles. The van der Waals surface area contributed by atoms with Gasteiger partial charge in [-0.3, -0.25) is 0 Å². The van der Waals surface area contributed by atoms with Gasteiger partial charge >= 0.3 is 0 Å². The minimum absolute atomic E-state index is 0.0414. The second kappa shape index (κ2) is 9.25. The van der Waals surface area contributed by atoms with Gasteiger partial charge in [0, 0.05) is 11.0 Å². The maximum Gasteiger partial charge on any atom is 0.260 e. The zero-order valence-electron chi connectivity index (χ0n) is 25.3. The molecule has 3 heteroatoms. The molecule has 11 rings (SSSR count). The maximum absolute atomic E-state index is 6.82. The van der Waals surface area contributed by atoms with Gasteiger partial charge in [0.2, 0.25) is 0 Å². The number of hydrogen-bond acceptors (Lipinski definition) is 2. The van der Waals surface area contributed by atoms with Crippen LogP contribution in [-0.2, 0) is 0 Å². The van der Waals surface area contributed by atoms with E-state index in [2.05, 4.69) is 133 Å². The zero-order valence-corrected chi connectivity index (χ0v) is 25.3. The Morgan fingerprint density at radius 1 is 0.362 bits per heavy atom. The van der Waals surface area contributed by atoms with Crippen LogP contribution < -0.4 is 25.9 Å². The van der Waals surface area contributed by atoms with Crippen LogP contribution in [0.4, 0.5) is 0 Å². The molecule has 2 heterocycles. The van der Waals surface area contributed by atoms with Crippen LogP contribution in [0.25, 0.3) is 65.0 Å². The first-order valence-corrected chi connectivity index (χ1v) is 16.2. The summed E-state index contributed by atoms with van der Waals surface area (Å²) in [5.74, 6) is 3.55. The van der Waals surface area contributed by atoms with E-state index in [9.17, 15) is 0 Å². The van der Waals surface area contributed by atoms with Crippen LogP contribution in [0.5, 0.6) is 23.0 Å². The van der Waals surface area contributed by atoms with Gasteiger partial charge in [0.05, 0.1) is 0 Å². The molecule has 216 valence electrons. The summed E-state index contributed by atoms with van der Waals surface area (Å²) in [5, 5.41) is 12.9. The average molecular weight is 596 g/mol. The molecule has 0 fully saturated rings. The van der Waals surface area contributed by atoms with Crippen LogP contribution in [0.15, 0.2) is 152 Å². The summed E-state index contributed by atoms with van der Waals surface area (Å²) in [6.07, 6.45) is 0.